The molecule has 1 aromatic heterocycles. The number of nitrogens with one attached hydrogen (secondary N) is 1. The summed E-state index contributed by atoms with van der Waals surface area (Å²) in [7, 11) is -1.13. The summed E-state index contributed by atoms with van der Waals surface area (Å²) in [5.41, 5.74) is 2.64. The summed E-state index contributed by atoms with van der Waals surface area (Å²) in [4.78, 5) is 25.0. The molecule has 0 saturated carbocycles. The number of rotatable bonds is 5. The van der Waals surface area contributed by atoms with E-state index in [1.165, 1.54) is 12.1 Å². The lowest BCUT2D eigenvalue weighted by atomic mass is 10.2. The zero-order valence-electron chi connectivity index (χ0n) is 19.6. The molecule has 1 fully saturated rings. The van der Waals surface area contributed by atoms with Crippen LogP contribution >= 0.6 is 11.6 Å². The fraction of sp³-hybridized carbons (Fsp3) is 0.333. The first-order valence-corrected chi connectivity index (χ1v) is 13.2. The number of nitro groups is 1. The van der Waals surface area contributed by atoms with Crippen molar-refractivity contribution in [2.75, 3.05) is 47.0 Å². The van der Waals surface area contributed by atoms with Crippen molar-refractivity contribution >= 4 is 51.2 Å². The summed E-state index contributed by atoms with van der Waals surface area (Å²) in [6.07, 6.45) is 0.657. The van der Waals surface area contributed by atoms with Gasteiger partial charge in [-0.1, -0.05) is 31.5 Å². The number of non-ortho nitro benzene ring substituents is 1. The average Bonchev–Trinajstić information content (AvgIpc) is 3.26. The van der Waals surface area contributed by atoms with Gasteiger partial charge in [-0.25, -0.2) is 4.98 Å². The van der Waals surface area contributed by atoms with Crippen molar-refractivity contribution < 1.29 is 9.13 Å². The van der Waals surface area contributed by atoms with Crippen molar-refractivity contribution in [2.45, 2.75) is 25.2 Å². The Balaban J connectivity index is 0.00000141. The fourth-order valence-corrected chi connectivity index (χ4v) is 5.56. The van der Waals surface area contributed by atoms with E-state index in [9.17, 15) is 14.3 Å². The summed E-state index contributed by atoms with van der Waals surface area (Å²) in [6.45, 7) is 6.88. The van der Waals surface area contributed by atoms with E-state index in [0.29, 0.717) is 46.9 Å². The molecule has 11 heteroatoms. The van der Waals surface area contributed by atoms with E-state index >= 15 is 0 Å². The number of anilines is 4. The zero-order chi connectivity index (χ0) is 24.9. The van der Waals surface area contributed by atoms with E-state index in [0.717, 1.165) is 30.2 Å². The highest BCUT2D eigenvalue weighted by Gasteiger charge is 2.28. The quantitative estimate of drug-likeness (QED) is 0.382. The Bertz CT molecular complexity index is 1230. The molecule has 5 rings (SSSR count). The van der Waals surface area contributed by atoms with Crippen molar-refractivity contribution in [3.05, 3.63) is 69.4 Å². The molecule has 1 atom stereocenters. The minimum atomic E-state index is -1.13. The molecule has 0 radical (unpaired) electrons. The lowest BCUT2D eigenvalue weighted by molar-refractivity contribution is -0.384. The van der Waals surface area contributed by atoms with Crippen LogP contribution < -0.4 is 15.1 Å². The van der Waals surface area contributed by atoms with Crippen molar-refractivity contribution in [1.82, 2.24) is 9.97 Å². The second-order valence-corrected chi connectivity index (χ2v) is 9.77. The Morgan fingerprint density at radius 2 is 1.71 bits per heavy atom. The number of halogens is 1. The molecule has 2 aromatic carbocycles. The van der Waals surface area contributed by atoms with Gasteiger partial charge in [0.05, 0.1) is 21.4 Å². The molecular formula is C24H27ClN6O3S. The number of nitro benzene ring substituents is 1. The molecular weight excluding hydrogens is 488 g/mol. The number of aromatic nitrogens is 2. The van der Waals surface area contributed by atoms with Gasteiger partial charge in [0.2, 0.25) is 5.95 Å². The standard InChI is InChI=1S/C22H21ClN6O3S.C2H6/c23-15-2-1-3-16(14-15)24-21-20-19(8-13-33(20)32)25-22(26-21)28-11-9-27(10-12-28)17-4-6-18(7-5-17)29(30)31;1-2/h1-7,14H,8-13H2,(H,24,25,26);1-2H3. The number of benzene rings is 2. The summed E-state index contributed by atoms with van der Waals surface area (Å²) in [5, 5.41) is 14.8. The van der Waals surface area contributed by atoms with Crippen LogP contribution in [0.15, 0.2) is 53.4 Å². The molecule has 1 unspecified atom stereocenters. The van der Waals surface area contributed by atoms with E-state index in [-0.39, 0.29) is 5.69 Å². The third-order valence-electron chi connectivity index (χ3n) is 5.75. The normalized spacial score (nSPS) is 16.8. The minimum absolute atomic E-state index is 0.0843. The van der Waals surface area contributed by atoms with Crippen molar-refractivity contribution in [2.24, 2.45) is 0 Å². The number of aryl methyl sites for hydroxylation is 1. The van der Waals surface area contributed by atoms with Gasteiger partial charge in [-0.05, 0) is 30.3 Å². The van der Waals surface area contributed by atoms with Gasteiger partial charge in [-0.3, -0.25) is 14.3 Å². The van der Waals surface area contributed by atoms with Crippen LogP contribution in [0.1, 0.15) is 19.5 Å². The predicted octanol–water partition coefficient (Wildman–Crippen LogP) is 4.80. The molecule has 3 heterocycles. The molecule has 0 spiro atoms. The van der Waals surface area contributed by atoms with Crippen LogP contribution in [0.2, 0.25) is 5.02 Å². The highest BCUT2D eigenvalue weighted by molar-refractivity contribution is 7.85. The second kappa shape index (κ2) is 11.0. The van der Waals surface area contributed by atoms with Gasteiger partial charge in [0.25, 0.3) is 5.69 Å². The Morgan fingerprint density at radius 1 is 1.03 bits per heavy atom. The van der Waals surface area contributed by atoms with E-state index < -0.39 is 15.7 Å². The van der Waals surface area contributed by atoms with E-state index in [4.69, 9.17) is 21.6 Å². The van der Waals surface area contributed by atoms with Crippen LogP contribution in [0.3, 0.4) is 0 Å². The molecule has 0 amide bonds. The molecule has 35 heavy (non-hydrogen) atoms. The summed E-state index contributed by atoms with van der Waals surface area (Å²) in [6, 6.07) is 14.0. The van der Waals surface area contributed by atoms with Gasteiger partial charge < -0.3 is 15.1 Å². The molecule has 184 valence electrons. The molecule has 1 N–H and O–H groups in total. The summed E-state index contributed by atoms with van der Waals surface area (Å²) < 4.78 is 12.6. The first-order chi connectivity index (χ1) is 17.0. The Labute approximate surface area is 211 Å². The number of nitrogens with zero attached hydrogens (tertiary/aromatic N) is 5. The first kappa shape index (κ1) is 24.9. The Morgan fingerprint density at radius 3 is 2.37 bits per heavy atom. The van der Waals surface area contributed by atoms with Crippen LogP contribution in [0.25, 0.3) is 0 Å². The van der Waals surface area contributed by atoms with Gasteiger partial charge in [0.1, 0.15) is 4.90 Å². The maximum Gasteiger partial charge on any atom is 0.269 e. The highest BCUT2D eigenvalue weighted by atomic mass is 35.5. The van der Waals surface area contributed by atoms with E-state index in [1.807, 2.05) is 26.0 Å². The fourth-order valence-electron chi connectivity index (χ4n) is 4.06. The predicted molar refractivity (Wildman–Crippen MR) is 141 cm³/mol. The molecule has 9 nitrogen and oxygen atoms in total. The molecule has 2 aliphatic rings. The highest BCUT2D eigenvalue weighted by Crippen LogP contribution is 2.32. The van der Waals surface area contributed by atoms with Gasteiger partial charge in [0, 0.05) is 66.9 Å². The van der Waals surface area contributed by atoms with Crippen LogP contribution in [0.4, 0.5) is 28.8 Å². The van der Waals surface area contributed by atoms with Crippen molar-refractivity contribution in [1.29, 1.82) is 0 Å². The van der Waals surface area contributed by atoms with Crippen LogP contribution in [-0.4, -0.2) is 51.0 Å². The zero-order valence-corrected chi connectivity index (χ0v) is 21.2. The number of piperazine rings is 1. The molecule has 0 aliphatic carbocycles. The van der Waals surface area contributed by atoms with Crippen LogP contribution in [0.5, 0.6) is 0 Å². The molecule has 3 aromatic rings. The third kappa shape index (κ3) is 5.54. The lowest BCUT2D eigenvalue weighted by Crippen LogP contribution is -2.47. The SMILES string of the molecule is CC.O=[N+]([O-])c1ccc(N2CCN(c3nc4c(c(Nc5cccc(Cl)c5)n3)S(=O)CC4)CC2)cc1. The first-order valence-electron chi connectivity index (χ1n) is 11.5. The Hall–Kier alpha value is -3.24. The van der Waals surface area contributed by atoms with Crippen molar-refractivity contribution in [3.8, 4) is 0 Å². The molecule has 2 aliphatic heterocycles. The van der Waals surface area contributed by atoms with Gasteiger partial charge >= 0.3 is 0 Å². The maximum atomic E-state index is 12.6. The van der Waals surface area contributed by atoms with Gasteiger partial charge in [-0.2, -0.15) is 4.98 Å². The second-order valence-electron chi connectivity index (χ2n) is 7.83. The van der Waals surface area contributed by atoms with E-state index in [1.54, 1.807) is 24.3 Å². The van der Waals surface area contributed by atoms with Gasteiger partial charge in [-0.15, -0.1) is 0 Å². The summed E-state index contributed by atoms with van der Waals surface area (Å²) in [5.74, 6) is 1.72. The number of hydrogen-bond donors (Lipinski definition) is 1. The largest absolute Gasteiger partial charge is 0.368 e. The average molecular weight is 515 g/mol. The summed E-state index contributed by atoms with van der Waals surface area (Å²) >= 11 is 6.12. The van der Waals surface area contributed by atoms with E-state index in [2.05, 4.69) is 15.1 Å². The topological polar surface area (TPSA) is 104 Å². The smallest absolute Gasteiger partial charge is 0.269 e. The Kier molecular flexibility index (Phi) is 7.82. The van der Waals surface area contributed by atoms with Crippen LogP contribution in [0, 0.1) is 10.1 Å². The maximum absolute atomic E-state index is 12.6. The van der Waals surface area contributed by atoms with Gasteiger partial charge in [0.15, 0.2) is 5.82 Å². The lowest BCUT2D eigenvalue weighted by Gasteiger charge is -2.36. The number of fused-ring (bicyclic) bond motifs is 1. The van der Waals surface area contributed by atoms with Crippen LogP contribution in [-0.2, 0) is 17.2 Å². The monoisotopic (exact) mass is 514 g/mol. The minimum Gasteiger partial charge on any atom is -0.368 e. The van der Waals surface area contributed by atoms with Crippen molar-refractivity contribution in [3.63, 3.8) is 0 Å². The molecule has 1 saturated heterocycles. The number of hydrogen-bond acceptors (Lipinski definition) is 8. The third-order valence-corrected chi connectivity index (χ3v) is 7.45. The molecule has 0 bridgehead atoms.